The van der Waals surface area contributed by atoms with Gasteiger partial charge in [0.1, 0.15) is 5.69 Å². The van der Waals surface area contributed by atoms with Gasteiger partial charge >= 0.3 is 5.97 Å². The molecular weight excluding hydrogens is 458 g/mol. The molecule has 0 amide bonds. The van der Waals surface area contributed by atoms with Crippen molar-refractivity contribution >= 4 is 51.2 Å². The number of aromatic nitrogens is 1. The molecule has 7 heteroatoms. The molecule has 0 bridgehead atoms. The van der Waals surface area contributed by atoms with Gasteiger partial charge < -0.3 is 4.74 Å². The number of rotatable bonds is 4. The van der Waals surface area contributed by atoms with Gasteiger partial charge in [0.2, 0.25) is 0 Å². The van der Waals surface area contributed by atoms with Crippen LogP contribution in [0.4, 0.5) is 8.78 Å². The molecule has 0 atom stereocenters. The van der Waals surface area contributed by atoms with E-state index in [1.54, 1.807) is 6.92 Å². The van der Waals surface area contributed by atoms with Crippen molar-refractivity contribution in [3.8, 4) is 0 Å². The van der Waals surface area contributed by atoms with E-state index in [1.807, 2.05) is 45.2 Å². The lowest BCUT2D eigenvalue weighted by molar-refractivity contribution is -0.142. The molecule has 0 aliphatic rings. The molecule has 0 radical (unpaired) electrons. The second-order valence-electron chi connectivity index (χ2n) is 3.08. The molecule has 0 fully saturated rings. The van der Waals surface area contributed by atoms with E-state index in [2.05, 4.69) is 4.98 Å². The summed E-state index contributed by atoms with van der Waals surface area (Å²) in [6.45, 7) is 2.01. The van der Waals surface area contributed by atoms with Gasteiger partial charge in [-0.2, -0.15) is 0 Å². The minimum atomic E-state index is -2.60. The number of alkyl halides is 2. The third kappa shape index (κ3) is 3.97. The van der Waals surface area contributed by atoms with Crippen LogP contribution < -0.4 is 0 Å². The van der Waals surface area contributed by atoms with Crippen LogP contribution in [-0.4, -0.2) is 17.6 Å². The summed E-state index contributed by atoms with van der Waals surface area (Å²) in [4.78, 5) is 15.0. The Kier molecular flexibility index (Phi) is 5.97. The average molecular weight is 467 g/mol. The first kappa shape index (κ1) is 15.0. The minimum absolute atomic E-state index is 0.0542. The van der Waals surface area contributed by atoms with Crippen molar-refractivity contribution in [2.75, 3.05) is 6.61 Å². The Morgan fingerprint density at radius 2 is 2.12 bits per heavy atom. The van der Waals surface area contributed by atoms with Crippen LogP contribution >= 0.6 is 45.2 Å². The van der Waals surface area contributed by atoms with Crippen LogP contribution in [0.15, 0.2) is 6.20 Å². The largest absolute Gasteiger partial charge is 0.466 e. The smallest absolute Gasteiger partial charge is 0.310 e. The van der Waals surface area contributed by atoms with Crippen LogP contribution in [0.5, 0.6) is 0 Å². The van der Waals surface area contributed by atoms with E-state index in [0.29, 0.717) is 19.3 Å². The first-order valence-electron chi connectivity index (χ1n) is 4.73. The fourth-order valence-corrected chi connectivity index (χ4v) is 2.48. The molecule has 17 heavy (non-hydrogen) atoms. The van der Waals surface area contributed by atoms with Crippen molar-refractivity contribution in [1.82, 2.24) is 4.98 Å². The molecule has 1 heterocycles. The first-order chi connectivity index (χ1) is 7.97. The van der Waals surface area contributed by atoms with E-state index in [1.165, 1.54) is 6.20 Å². The Morgan fingerprint density at radius 1 is 1.47 bits per heavy atom. The quantitative estimate of drug-likeness (QED) is 0.504. The minimum Gasteiger partial charge on any atom is -0.466 e. The third-order valence-corrected chi connectivity index (χ3v) is 5.26. The van der Waals surface area contributed by atoms with Gasteiger partial charge in [-0.25, -0.2) is 8.78 Å². The van der Waals surface area contributed by atoms with E-state index < -0.39 is 6.43 Å². The topological polar surface area (TPSA) is 39.2 Å². The number of esters is 1. The maximum Gasteiger partial charge on any atom is 0.310 e. The van der Waals surface area contributed by atoms with Crippen molar-refractivity contribution in [3.05, 3.63) is 24.6 Å². The summed E-state index contributed by atoms with van der Waals surface area (Å²) in [6.07, 6.45) is -1.24. The molecule has 0 N–H and O–H groups in total. The normalized spacial score (nSPS) is 10.7. The van der Waals surface area contributed by atoms with Crippen LogP contribution in [0.1, 0.15) is 24.6 Å². The predicted octanol–water partition coefficient (Wildman–Crippen LogP) is 3.33. The number of carbonyl (C=O) groups excluding carboxylic acids is 1. The van der Waals surface area contributed by atoms with Crippen molar-refractivity contribution in [3.63, 3.8) is 0 Å². The molecule has 0 saturated carbocycles. The second-order valence-corrected chi connectivity index (χ2v) is 5.24. The lowest BCUT2D eigenvalue weighted by Crippen LogP contribution is -2.10. The molecule has 0 aromatic carbocycles. The van der Waals surface area contributed by atoms with Crippen molar-refractivity contribution < 1.29 is 18.3 Å². The maximum atomic E-state index is 12.6. The SMILES string of the molecule is CCOC(=O)Cc1cnc(C(F)F)c(I)c1I. The van der Waals surface area contributed by atoms with Crippen molar-refractivity contribution in [2.45, 2.75) is 19.8 Å². The third-order valence-electron chi connectivity index (χ3n) is 1.91. The highest BCUT2D eigenvalue weighted by Crippen LogP contribution is 2.28. The molecule has 1 aromatic heterocycles. The Morgan fingerprint density at radius 3 is 2.65 bits per heavy atom. The molecule has 94 valence electrons. The van der Waals surface area contributed by atoms with Gasteiger partial charge in [0, 0.05) is 9.77 Å². The fourth-order valence-electron chi connectivity index (χ4n) is 1.16. The zero-order valence-electron chi connectivity index (χ0n) is 8.84. The number of pyridine rings is 1. The van der Waals surface area contributed by atoms with Crippen LogP contribution in [0.3, 0.4) is 0 Å². The van der Waals surface area contributed by atoms with Gasteiger partial charge in [-0.1, -0.05) is 0 Å². The van der Waals surface area contributed by atoms with Gasteiger partial charge in [0.05, 0.1) is 16.6 Å². The average Bonchev–Trinajstić information content (AvgIpc) is 2.25. The molecule has 3 nitrogen and oxygen atoms in total. The summed E-state index contributed by atoms with van der Waals surface area (Å²) in [5.74, 6) is -0.382. The van der Waals surface area contributed by atoms with Gasteiger partial charge in [-0.05, 0) is 57.7 Å². The zero-order valence-corrected chi connectivity index (χ0v) is 13.2. The summed E-state index contributed by atoms with van der Waals surface area (Å²) in [5.41, 5.74) is 0.362. The second kappa shape index (κ2) is 6.76. The molecular formula is C10H9F2I2NO2. The molecule has 1 rings (SSSR count). The predicted molar refractivity (Wildman–Crippen MR) is 75.0 cm³/mol. The molecule has 0 aliphatic carbocycles. The Balaban J connectivity index is 2.96. The summed E-state index contributed by atoms with van der Waals surface area (Å²) in [6, 6.07) is 0. The number of carbonyl (C=O) groups is 1. The lowest BCUT2D eigenvalue weighted by Gasteiger charge is -2.09. The Labute approximate surface area is 125 Å². The molecule has 1 aromatic rings. The summed E-state index contributed by atoms with van der Waals surface area (Å²) in [5, 5.41) is 0. The maximum absolute atomic E-state index is 12.6. The lowest BCUT2D eigenvalue weighted by atomic mass is 10.2. The van der Waals surface area contributed by atoms with Crippen LogP contribution in [0.2, 0.25) is 0 Å². The van der Waals surface area contributed by atoms with E-state index in [-0.39, 0.29) is 18.1 Å². The van der Waals surface area contributed by atoms with Gasteiger partial charge in [-0.3, -0.25) is 9.78 Å². The van der Waals surface area contributed by atoms with Crippen LogP contribution in [-0.2, 0) is 16.0 Å². The highest BCUT2D eigenvalue weighted by Gasteiger charge is 2.19. The van der Waals surface area contributed by atoms with E-state index in [9.17, 15) is 13.6 Å². The van der Waals surface area contributed by atoms with Crippen molar-refractivity contribution in [2.24, 2.45) is 0 Å². The summed E-state index contributed by atoms with van der Waals surface area (Å²) < 4.78 is 30.9. The molecule has 0 unspecified atom stereocenters. The van der Waals surface area contributed by atoms with E-state index >= 15 is 0 Å². The van der Waals surface area contributed by atoms with Gasteiger partial charge in [0.15, 0.2) is 0 Å². The van der Waals surface area contributed by atoms with E-state index in [4.69, 9.17) is 4.74 Å². The number of nitrogens with zero attached hydrogens (tertiary/aromatic N) is 1. The van der Waals surface area contributed by atoms with Crippen LogP contribution in [0, 0.1) is 7.14 Å². The number of ether oxygens (including phenoxy) is 1. The highest BCUT2D eigenvalue weighted by atomic mass is 127. The summed E-state index contributed by atoms with van der Waals surface area (Å²) in [7, 11) is 0. The molecule has 0 saturated heterocycles. The van der Waals surface area contributed by atoms with E-state index in [0.717, 1.165) is 0 Å². The zero-order chi connectivity index (χ0) is 13.0. The van der Waals surface area contributed by atoms with Gasteiger partial charge in [0.25, 0.3) is 6.43 Å². The Hall–Kier alpha value is -0.0600. The molecule has 0 spiro atoms. The van der Waals surface area contributed by atoms with Gasteiger partial charge in [-0.15, -0.1) is 0 Å². The highest BCUT2D eigenvalue weighted by molar-refractivity contribution is 14.1. The van der Waals surface area contributed by atoms with Crippen molar-refractivity contribution in [1.29, 1.82) is 0 Å². The number of halogens is 4. The number of hydrogen-bond acceptors (Lipinski definition) is 3. The number of hydrogen-bond donors (Lipinski definition) is 0. The van der Waals surface area contributed by atoms with Crippen LogP contribution in [0.25, 0.3) is 0 Å². The fraction of sp³-hybridized carbons (Fsp3) is 0.400. The first-order valence-corrected chi connectivity index (χ1v) is 6.89. The summed E-state index contributed by atoms with van der Waals surface area (Å²) >= 11 is 3.75. The Bertz CT molecular complexity index is 427. The molecule has 0 aliphatic heterocycles. The monoisotopic (exact) mass is 467 g/mol. The standard InChI is InChI=1S/C10H9F2I2NO2/c1-2-17-6(16)3-5-4-15-9(10(11)12)8(14)7(5)13/h4,10H,2-3H2,1H3.